The Bertz CT molecular complexity index is 1630. The first kappa shape index (κ1) is 21.9. The summed E-state index contributed by atoms with van der Waals surface area (Å²) in [7, 11) is 1.28. The van der Waals surface area contributed by atoms with Crippen LogP contribution in [-0.2, 0) is 4.74 Å². The lowest BCUT2D eigenvalue weighted by Gasteiger charge is -2.06. The number of aromatic nitrogens is 2. The van der Waals surface area contributed by atoms with Crippen LogP contribution in [0.1, 0.15) is 15.9 Å². The molecule has 0 unspecified atom stereocenters. The molecule has 1 heterocycles. The second-order valence-electron chi connectivity index (χ2n) is 7.86. The minimum absolute atomic E-state index is 0.125. The van der Waals surface area contributed by atoms with E-state index in [4.69, 9.17) is 4.74 Å². The number of esters is 1. The first-order chi connectivity index (χ1) is 17.1. The number of H-pyrrole nitrogens is 1. The zero-order valence-electron chi connectivity index (χ0n) is 18.8. The maximum Gasteiger partial charge on any atom is 0.337 e. The van der Waals surface area contributed by atoms with Crippen LogP contribution in [0.4, 0.5) is 5.69 Å². The number of aromatic hydroxyl groups is 1. The van der Waals surface area contributed by atoms with Crippen molar-refractivity contribution in [3.05, 3.63) is 112 Å². The van der Waals surface area contributed by atoms with Crippen molar-refractivity contribution >= 4 is 28.6 Å². The van der Waals surface area contributed by atoms with Gasteiger partial charge in [0.15, 0.2) is 0 Å². The number of carbonyl (C=O) groups excluding carboxylic acids is 1. The molecule has 5 rings (SSSR count). The number of phenolic OH excluding ortho intramolecular Hbond substituents is 1. The summed E-state index contributed by atoms with van der Waals surface area (Å²) in [5.74, 6) is -0.675. The highest BCUT2D eigenvalue weighted by Gasteiger charge is 2.18. The molecule has 0 atom stereocenters. The van der Waals surface area contributed by atoms with E-state index in [2.05, 4.69) is 10.1 Å². The summed E-state index contributed by atoms with van der Waals surface area (Å²) in [6, 6.07) is 27.3. The predicted octanol–water partition coefficient (Wildman–Crippen LogP) is 5.23. The molecular weight excluding hydrogens is 442 g/mol. The molecule has 0 bridgehead atoms. The highest BCUT2D eigenvalue weighted by Crippen LogP contribution is 2.31. The normalized spacial score (nSPS) is 11.2. The van der Waals surface area contributed by atoms with E-state index in [0.717, 1.165) is 16.3 Å². The predicted molar refractivity (Wildman–Crippen MR) is 136 cm³/mol. The minimum Gasteiger partial charge on any atom is -0.506 e. The summed E-state index contributed by atoms with van der Waals surface area (Å²) in [6.45, 7) is 0. The number of ether oxygens (including phenoxy) is 1. The number of benzene rings is 4. The number of hydrogen-bond donors (Lipinski definition) is 2. The number of rotatable bonds is 5. The van der Waals surface area contributed by atoms with E-state index in [9.17, 15) is 14.7 Å². The summed E-state index contributed by atoms with van der Waals surface area (Å²) in [4.78, 5) is 29.8. The Hall–Kier alpha value is -4.91. The lowest BCUT2D eigenvalue weighted by molar-refractivity contribution is 0.0600. The van der Waals surface area contributed by atoms with E-state index in [1.54, 1.807) is 0 Å². The van der Waals surface area contributed by atoms with Crippen LogP contribution >= 0.6 is 0 Å². The molecule has 0 aliphatic rings. The third-order valence-corrected chi connectivity index (χ3v) is 5.73. The Kier molecular flexibility index (Phi) is 5.73. The molecule has 0 spiro atoms. The summed E-state index contributed by atoms with van der Waals surface area (Å²) in [5, 5.41) is 15.5. The Labute approximate surface area is 200 Å². The number of phenols is 1. The van der Waals surface area contributed by atoms with Gasteiger partial charge in [-0.15, -0.1) is 0 Å². The second-order valence-corrected chi connectivity index (χ2v) is 7.86. The Morgan fingerprint density at radius 1 is 0.971 bits per heavy atom. The zero-order chi connectivity index (χ0) is 24.4. The molecule has 4 aromatic carbocycles. The summed E-state index contributed by atoms with van der Waals surface area (Å²) < 4.78 is 6.21. The number of para-hydroxylation sites is 1. The lowest BCUT2D eigenvalue weighted by Crippen LogP contribution is -2.17. The average Bonchev–Trinajstić information content (AvgIpc) is 3.23. The van der Waals surface area contributed by atoms with Gasteiger partial charge in [0.1, 0.15) is 11.4 Å². The summed E-state index contributed by atoms with van der Waals surface area (Å²) >= 11 is 0. The standard InChI is InChI=1S/C28H21N3O4/c1-35-28(34)19-14-15-25(32)24(16-19)29-17-23-26(22-13-7-9-18-8-5-6-12-21(18)22)30-31(27(23)33)20-10-3-2-4-11-20/h2-17,30,32H,1H3. The van der Waals surface area contributed by atoms with Crippen molar-refractivity contribution in [1.29, 1.82) is 0 Å². The van der Waals surface area contributed by atoms with Gasteiger partial charge >= 0.3 is 5.97 Å². The fraction of sp³-hybridized carbons (Fsp3) is 0.0357. The maximum atomic E-state index is 13.5. The van der Waals surface area contributed by atoms with Gasteiger partial charge in [0.25, 0.3) is 5.56 Å². The third kappa shape index (κ3) is 4.11. The molecule has 0 radical (unpaired) electrons. The Balaban J connectivity index is 1.71. The summed E-state index contributed by atoms with van der Waals surface area (Å²) in [6.07, 6.45) is 1.41. The number of nitrogens with zero attached hydrogens (tertiary/aromatic N) is 2. The number of nitrogens with one attached hydrogen (secondary N) is 1. The van der Waals surface area contributed by atoms with Gasteiger partial charge < -0.3 is 9.84 Å². The van der Waals surface area contributed by atoms with Gasteiger partial charge in [0, 0.05) is 11.8 Å². The fourth-order valence-corrected chi connectivity index (χ4v) is 3.98. The van der Waals surface area contributed by atoms with Crippen LogP contribution in [0.15, 0.2) is 101 Å². The smallest absolute Gasteiger partial charge is 0.337 e. The molecule has 0 aliphatic heterocycles. The molecule has 2 N–H and O–H groups in total. The largest absolute Gasteiger partial charge is 0.506 e. The van der Waals surface area contributed by atoms with Crippen LogP contribution < -0.4 is 5.56 Å². The molecular formula is C28H21N3O4. The van der Waals surface area contributed by atoms with Gasteiger partial charge in [-0.25, -0.2) is 9.48 Å². The van der Waals surface area contributed by atoms with Crippen LogP contribution in [0.25, 0.3) is 27.7 Å². The molecule has 7 heteroatoms. The van der Waals surface area contributed by atoms with Gasteiger partial charge in [-0.05, 0) is 41.1 Å². The quantitative estimate of drug-likeness (QED) is 0.276. The van der Waals surface area contributed by atoms with Gasteiger partial charge in [-0.1, -0.05) is 60.7 Å². The van der Waals surface area contributed by atoms with Crippen molar-refractivity contribution in [2.75, 3.05) is 7.11 Å². The van der Waals surface area contributed by atoms with Crippen molar-refractivity contribution in [1.82, 2.24) is 9.78 Å². The molecule has 5 aromatic rings. The second kappa shape index (κ2) is 9.15. The molecule has 1 aromatic heterocycles. The van der Waals surface area contributed by atoms with Gasteiger partial charge in [0.2, 0.25) is 0 Å². The molecule has 0 amide bonds. The van der Waals surface area contributed by atoms with Crippen molar-refractivity contribution in [3.8, 4) is 22.7 Å². The molecule has 172 valence electrons. The van der Waals surface area contributed by atoms with E-state index < -0.39 is 5.97 Å². The highest BCUT2D eigenvalue weighted by molar-refractivity contribution is 6.01. The number of carbonyl (C=O) groups is 1. The maximum absolute atomic E-state index is 13.5. The first-order valence-corrected chi connectivity index (χ1v) is 10.9. The van der Waals surface area contributed by atoms with E-state index >= 15 is 0 Å². The molecule has 0 saturated carbocycles. The monoisotopic (exact) mass is 463 g/mol. The van der Waals surface area contributed by atoms with Crippen molar-refractivity contribution < 1.29 is 14.6 Å². The van der Waals surface area contributed by atoms with Crippen LogP contribution in [0.5, 0.6) is 5.75 Å². The van der Waals surface area contributed by atoms with E-state index in [1.165, 1.54) is 36.2 Å². The number of aliphatic imine (C=N–C) groups is 1. The number of fused-ring (bicyclic) bond motifs is 1. The van der Waals surface area contributed by atoms with Crippen LogP contribution in [0.3, 0.4) is 0 Å². The minimum atomic E-state index is -0.550. The first-order valence-electron chi connectivity index (χ1n) is 10.9. The van der Waals surface area contributed by atoms with Gasteiger partial charge in [-0.3, -0.25) is 14.9 Å². The van der Waals surface area contributed by atoms with E-state index in [1.807, 2.05) is 72.8 Å². The fourth-order valence-electron chi connectivity index (χ4n) is 3.98. The SMILES string of the molecule is COC(=O)c1ccc(O)c(N=Cc2c(-c3cccc4ccccc34)[nH]n(-c3ccccc3)c2=O)c1. The van der Waals surface area contributed by atoms with Gasteiger partial charge in [0.05, 0.1) is 29.6 Å². The van der Waals surface area contributed by atoms with Crippen molar-refractivity contribution in [3.63, 3.8) is 0 Å². The number of hydrogen-bond acceptors (Lipinski definition) is 5. The number of aromatic amines is 1. The zero-order valence-corrected chi connectivity index (χ0v) is 18.8. The molecule has 0 saturated heterocycles. The lowest BCUT2D eigenvalue weighted by atomic mass is 10.0. The van der Waals surface area contributed by atoms with E-state index in [-0.39, 0.29) is 22.6 Å². The average molecular weight is 463 g/mol. The van der Waals surface area contributed by atoms with Crippen molar-refractivity contribution in [2.24, 2.45) is 4.99 Å². The van der Waals surface area contributed by atoms with Gasteiger partial charge in [-0.2, -0.15) is 0 Å². The Morgan fingerprint density at radius 2 is 1.71 bits per heavy atom. The third-order valence-electron chi connectivity index (χ3n) is 5.73. The molecule has 35 heavy (non-hydrogen) atoms. The number of methoxy groups -OCH3 is 1. The van der Waals surface area contributed by atoms with Crippen LogP contribution in [-0.4, -0.2) is 34.2 Å². The van der Waals surface area contributed by atoms with Crippen LogP contribution in [0.2, 0.25) is 0 Å². The topological polar surface area (TPSA) is 96.7 Å². The summed E-state index contributed by atoms with van der Waals surface area (Å²) in [5.41, 5.74) is 2.49. The van der Waals surface area contributed by atoms with Crippen LogP contribution in [0, 0.1) is 0 Å². The molecule has 0 fully saturated rings. The Morgan fingerprint density at radius 3 is 2.51 bits per heavy atom. The molecule has 7 nitrogen and oxygen atoms in total. The van der Waals surface area contributed by atoms with Crippen molar-refractivity contribution in [2.45, 2.75) is 0 Å². The highest BCUT2D eigenvalue weighted by atomic mass is 16.5. The molecule has 0 aliphatic carbocycles. The van der Waals surface area contributed by atoms with E-state index in [0.29, 0.717) is 16.9 Å².